The number of benzene rings is 1. The molecule has 3 nitrogen and oxygen atoms in total. The minimum absolute atomic E-state index is 0.609. The van der Waals surface area contributed by atoms with Crippen LogP contribution in [0.25, 0.3) is 0 Å². The third-order valence-corrected chi connectivity index (χ3v) is 4.47. The molecular formula is C16H24N2O. The van der Waals surface area contributed by atoms with E-state index in [9.17, 15) is 0 Å². The van der Waals surface area contributed by atoms with Crippen LogP contribution < -0.4 is 10.1 Å². The van der Waals surface area contributed by atoms with Gasteiger partial charge in [0.2, 0.25) is 0 Å². The Bertz CT molecular complexity index is 446. The number of nitrogens with one attached hydrogen (secondary N) is 1. The van der Waals surface area contributed by atoms with Crippen molar-refractivity contribution in [1.29, 1.82) is 0 Å². The average molecular weight is 260 g/mol. The van der Waals surface area contributed by atoms with Crippen molar-refractivity contribution in [3.8, 4) is 5.75 Å². The van der Waals surface area contributed by atoms with E-state index in [-0.39, 0.29) is 0 Å². The number of ether oxygens (including phenoxy) is 1. The summed E-state index contributed by atoms with van der Waals surface area (Å²) in [6, 6.07) is 7.84. The molecule has 1 aliphatic heterocycles. The summed E-state index contributed by atoms with van der Waals surface area (Å²) in [4.78, 5) is 2.66. The molecule has 0 amide bonds. The van der Waals surface area contributed by atoms with Crippen molar-refractivity contribution in [2.45, 2.75) is 38.3 Å². The van der Waals surface area contributed by atoms with Gasteiger partial charge in [-0.2, -0.15) is 0 Å². The van der Waals surface area contributed by atoms with Gasteiger partial charge in [-0.05, 0) is 49.4 Å². The number of hydrogen-bond acceptors (Lipinski definition) is 3. The zero-order valence-electron chi connectivity index (χ0n) is 12.0. The quantitative estimate of drug-likeness (QED) is 0.883. The van der Waals surface area contributed by atoms with Gasteiger partial charge >= 0.3 is 0 Å². The van der Waals surface area contributed by atoms with Crippen molar-refractivity contribution < 1.29 is 4.74 Å². The van der Waals surface area contributed by atoms with Crippen LogP contribution in [0.2, 0.25) is 0 Å². The maximum Gasteiger partial charge on any atom is 0.119 e. The zero-order valence-corrected chi connectivity index (χ0v) is 12.0. The van der Waals surface area contributed by atoms with Crippen LogP contribution in [-0.2, 0) is 6.42 Å². The molecule has 1 saturated heterocycles. The lowest BCUT2D eigenvalue weighted by Gasteiger charge is -2.40. The highest BCUT2D eigenvalue weighted by molar-refractivity contribution is 5.39. The van der Waals surface area contributed by atoms with Gasteiger partial charge in [-0.15, -0.1) is 0 Å². The molecule has 3 rings (SSSR count). The first-order valence-corrected chi connectivity index (χ1v) is 7.42. The third-order valence-electron chi connectivity index (χ3n) is 4.47. The van der Waals surface area contributed by atoms with Crippen molar-refractivity contribution >= 4 is 0 Å². The van der Waals surface area contributed by atoms with Crippen molar-refractivity contribution in [3.63, 3.8) is 0 Å². The minimum atomic E-state index is 0.609. The molecule has 1 aromatic carbocycles. The van der Waals surface area contributed by atoms with Crippen LogP contribution in [0.5, 0.6) is 5.75 Å². The van der Waals surface area contributed by atoms with Gasteiger partial charge < -0.3 is 10.1 Å². The van der Waals surface area contributed by atoms with Crippen LogP contribution >= 0.6 is 0 Å². The summed E-state index contributed by atoms with van der Waals surface area (Å²) < 4.78 is 5.35. The molecule has 0 radical (unpaired) electrons. The molecule has 1 aliphatic carbocycles. The van der Waals surface area contributed by atoms with E-state index < -0.39 is 0 Å². The number of hydrogen-bond donors (Lipinski definition) is 1. The molecule has 1 N–H and O–H groups in total. The molecule has 3 heteroatoms. The zero-order chi connectivity index (χ0) is 13.2. The predicted molar refractivity (Wildman–Crippen MR) is 77.7 cm³/mol. The fraction of sp³-hybridized carbons (Fsp3) is 0.625. The Balaban J connectivity index is 1.85. The Morgan fingerprint density at radius 1 is 1.37 bits per heavy atom. The molecule has 0 aromatic heterocycles. The highest BCUT2D eigenvalue weighted by Gasteiger charge is 2.28. The van der Waals surface area contributed by atoms with Gasteiger partial charge in [0, 0.05) is 31.7 Å². The van der Waals surface area contributed by atoms with Gasteiger partial charge in [0.15, 0.2) is 0 Å². The van der Waals surface area contributed by atoms with E-state index in [4.69, 9.17) is 4.74 Å². The SMILES string of the molecule is COc1ccc2c(c1)CCCC2N1CCNC(C)C1. The fourth-order valence-corrected chi connectivity index (χ4v) is 3.52. The van der Waals surface area contributed by atoms with Crippen LogP contribution in [0.1, 0.15) is 36.9 Å². The van der Waals surface area contributed by atoms with E-state index in [1.54, 1.807) is 7.11 Å². The molecule has 1 heterocycles. The van der Waals surface area contributed by atoms with Crippen LogP contribution in [0.3, 0.4) is 0 Å². The minimum Gasteiger partial charge on any atom is -0.497 e. The van der Waals surface area contributed by atoms with Crippen LogP contribution in [0.15, 0.2) is 18.2 Å². The Kier molecular flexibility index (Phi) is 3.76. The number of piperazine rings is 1. The molecule has 2 atom stereocenters. The summed E-state index contributed by atoms with van der Waals surface area (Å²) in [7, 11) is 1.75. The maximum atomic E-state index is 5.35. The standard InChI is InChI=1S/C16H24N2O/c1-12-11-18(9-8-17-12)16-5-3-4-13-10-14(19-2)6-7-15(13)16/h6-7,10,12,16-17H,3-5,8-9,11H2,1-2H3. The van der Waals surface area contributed by atoms with Crippen LogP contribution in [-0.4, -0.2) is 37.7 Å². The molecule has 1 fully saturated rings. The second-order valence-corrected chi connectivity index (χ2v) is 5.82. The molecule has 0 bridgehead atoms. The smallest absolute Gasteiger partial charge is 0.119 e. The van der Waals surface area contributed by atoms with Crippen LogP contribution in [0, 0.1) is 0 Å². The lowest BCUT2D eigenvalue weighted by molar-refractivity contribution is 0.135. The maximum absolute atomic E-state index is 5.35. The highest BCUT2D eigenvalue weighted by Crippen LogP contribution is 2.36. The Labute approximate surface area is 115 Å². The van der Waals surface area contributed by atoms with E-state index in [1.165, 1.54) is 36.9 Å². The molecule has 0 spiro atoms. The van der Waals surface area contributed by atoms with Crippen molar-refractivity contribution in [2.75, 3.05) is 26.7 Å². The third kappa shape index (κ3) is 2.63. The first-order chi connectivity index (χ1) is 9.28. The van der Waals surface area contributed by atoms with E-state index in [0.717, 1.165) is 18.8 Å². The Morgan fingerprint density at radius 3 is 3.05 bits per heavy atom. The summed E-state index contributed by atoms with van der Waals surface area (Å²) >= 11 is 0. The Hall–Kier alpha value is -1.06. The summed E-state index contributed by atoms with van der Waals surface area (Å²) in [5, 5.41) is 3.53. The van der Waals surface area contributed by atoms with Gasteiger partial charge in [-0.1, -0.05) is 6.07 Å². The van der Waals surface area contributed by atoms with E-state index in [2.05, 4.69) is 35.3 Å². The average Bonchev–Trinajstić information content (AvgIpc) is 2.46. The van der Waals surface area contributed by atoms with Crippen LogP contribution in [0.4, 0.5) is 0 Å². The summed E-state index contributed by atoms with van der Waals surface area (Å²) in [5.74, 6) is 0.994. The second kappa shape index (κ2) is 5.51. The number of fused-ring (bicyclic) bond motifs is 1. The Morgan fingerprint density at radius 2 is 2.26 bits per heavy atom. The number of methoxy groups -OCH3 is 1. The summed E-state index contributed by atoms with van der Waals surface area (Å²) in [5.41, 5.74) is 3.02. The first kappa shape index (κ1) is 12.9. The van der Waals surface area contributed by atoms with Gasteiger partial charge in [0.1, 0.15) is 5.75 Å². The first-order valence-electron chi connectivity index (χ1n) is 7.42. The summed E-state index contributed by atoms with van der Waals surface area (Å²) in [6.07, 6.45) is 3.79. The van der Waals surface area contributed by atoms with Crippen molar-refractivity contribution in [3.05, 3.63) is 29.3 Å². The molecule has 2 unspecified atom stereocenters. The fourth-order valence-electron chi connectivity index (χ4n) is 3.52. The van der Waals surface area contributed by atoms with Crippen molar-refractivity contribution in [2.24, 2.45) is 0 Å². The second-order valence-electron chi connectivity index (χ2n) is 5.82. The van der Waals surface area contributed by atoms with Gasteiger partial charge in [-0.3, -0.25) is 4.90 Å². The topological polar surface area (TPSA) is 24.5 Å². The highest BCUT2D eigenvalue weighted by atomic mass is 16.5. The normalized spacial score (nSPS) is 27.9. The van der Waals surface area contributed by atoms with Crippen molar-refractivity contribution in [1.82, 2.24) is 10.2 Å². The molecule has 19 heavy (non-hydrogen) atoms. The predicted octanol–water partition coefficient (Wildman–Crippen LogP) is 2.37. The molecule has 104 valence electrons. The van der Waals surface area contributed by atoms with E-state index >= 15 is 0 Å². The number of aryl methyl sites for hydroxylation is 1. The largest absolute Gasteiger partial charge is 0.497 e. The van der Waals surface area contributed by atoms with E-state index in [0.29, 0.717) is 12.1 Å². The van der Waals surface area contributed by atoms with Gasteiger partial charge in [0.25, 0.3) is 0 Å². The molecule has 0 saturated carbocycles. The monoisotopic (exact) mass is 260 g/mol. The summed E-state index contributed by atoms with van der Waals surface area (Å²) in [6.45, 7) is 5.73. The van der Waals surface area contributed by atoms with E-state index in [1.807, 2.05) is 0 Å². The van der Waals surface area contributed by atoms with Gasteiger partial charge in [-0.25, -0.2) is 0 Å². The molecule has 1 aromatic rings. The molecular weight excluding hydrogens is 236 g/mol. The number of nitrogens with zero attached hydrogens (tertiary/aromatic N) is 1. The molecule has 2 aliphatic rings. The lowest BCUT2D eigenvalue weighted by atomic mass is 9.86. The lowest BCUT2D eigenvalue weighted by Crippen LogP contribution is -2.50. The number of rotatable bonds is 2. The van der Waals surface area contributed by atoms with Gasteiger partial charge in [0.05, 0.1) is 7.11 Å².